The smallest absolute Gasteiger partial charge is 0.292 e. The third kappa shape index (κ3) is 9.00. The van der Waals surface area contributed by atoms with Crippen LogP contribution >= 0.6 is 11.6 Å². The minimum Gasteiger partial charge on any atom is -0.471 e. The van der Waals surface area contributed by atoms with Gasteiger partial charge in [0.1, 0.15) is 0 Å². The summed E-state index contributed by atoms with van der Waals surface area (Å²) in [5.74, 6) is 2.34. The fourth-order valence-electron chi connectivity index (χ4n) is 5.28. The number of hydrogen-bond acceptors (Lipinski definition) is 5. The van der Waals surface area contributed by atoms with Gasteiger partial charge in [0, 0.05) is 41.8 Å². The van der Waals surface area contributed by atoms with Crippen LogP contribution in [0.1, 0.15) is 55.7 Å². The van der Waals surface area contributed by atoms with E-state index in [1.807, 2.05) is 50.4 Å². The summed E-state index contributed by atoms with van der Waals surface area (Å²) < 4.78 is 3.86. The molecular weight excluding hydrogens is 506 g/mol. The molecule has 206 valence electrons. The zero-order valence-corrected chi connectivity index (χ0v) is 23.9. The molecule has 0 radical (unpaired) electrons. The van der Waals surface area contributed by atoms with Crippen molar-refractivity contribution in [1.82, 2.24) is 0 Å². The molecule has 0 amide bonds. The van der Waals surface area contributed by atoms with E-state index in [2.05, 4.69) is 51.8 Å². The van der Waals surface area contributed by atoms with Crippen molar-refractivity contribution in [3.8, 4) is 11.1 Å². The van der Waals surface area contributed by atoms with E-state index in [0.29, 0.717) is 13.0 Å². The number of anilines is 2. The Hall–Kier alpha value is -3.57. The van der Waals surface area contributed by atoms with Gasteiger partial charge in [0.15, 0.2) is 0 Å². The van der Waals surface area contributed by atoms with Gasteiger partial charge in [-0.2, -0.15) is 0 Å². The SMILES string of the molecule is C/C=C/c1cccc(NCc2ccc(-c3ccc(NC)c(C=N)c3)cc2Cl)c1.C1CC2CCC1C2.COC=O. The lowest BCUT2D eigenvalue weighted by atomic mass is 10.0. The van der Waals surface area contributed by atoms with Crippen LogP contribution in [-0.2, 0) is 16.1 Å². The number of halogens is 1. The monoisotopic (exact) mass is 545 g/mol. The van der Waals surface area contributed by atoms with Crippen LogP contribution in [0.2, 0.25) is 5.02 Å². The van der Waals surface area contributed by atoms with E-state index < -0.39 is 0 Å². The van der Waals surface area contributed by atoms with Crippen molar-refractivity contribution in [2.45, 2.75) is 45.6 Å². The van der Waals surface area contributed by atoms with Gasteiger partial charge in [0.2, 0.25) is 0 Å². The zero-order chi connectivity index (χ0) is 28.0. The molecule has 2 bridgehead atoms. The Bertz CT molecular complexity index is 1240. The Morgan fingerprint density at radius 2 is 1.67 bits per heavy atom. The summed E-state index contributed by atoms with van der Waals surface area (Å²) in [4.78, 5) is 8.95. The highest BCUT2D eigenvalue weighted by molar-refractivity contribution is 6.31. The maximum absolute atomic E-state index is 8.95. The third-order valence-corrected chi connectivity index (χ3v) is 7.67. The summed E-state index contributed by atoms with van der Waals surface area (Å²) in [5.41, 5.74) is 7.14. The lowest BCUT2D eigenvalue weighted by molar-refractivity contribution is -0.126. The Kier molecular flexibility index (Phi) is 12.1. The van der Waals surface area contributed by atoms with Crippen molar-refractivity contribution < 1.29 is 9.53 Å². The predicted octanol–water partition coefficient (Wildman–Crippen LogP) is 8.68. The number of hydrogen-bond donors (Lipinski definition) is 3. The minimum absolute atomic E-state index is 0.375. The summed E-state index contributed by atoms with van der Waals surface area (Å²) in [6.45, 7) is 3.04. The number of ether oxygens (including phenoxy) is 1. The molecule has 0 atom stereocenters. The Morgan fingerprint density at radius 1 is 1.00 bits per heavy atom. The molecule has 3 N–H and O–H groups in total. The first kappa shape index (κ1) is 30.0. The van der Waals surface area contributed by atoms with E-state index in [4.69, 9.17) is 21.8 Å². The molecule has 39 heavy (non-hydrogen) atoms. The molecular formula is C33H40ClN3O2. The van der Waals surface area contributed by atoms with Crippen molar-refractivity contribution in [3.05, 3.63) is 88.5 Å². The van der Waals surface area contributed by atoms with E-state index >= 15 is 0 Å². The van der Waals surface area contributed by atoms with Crippen LogP contribution in [0.3, 0.4) is 0 Å². The van der Waals surface area contributed by atoms with Gasteiger partial charge in [-0.1, -0.05) is 79.8 Å². The highest BCUT2D eigenvalue weighted by atomic mass is 35.5. The molecule has 5 nitrogen and oxygen atoms in total. The van der Waals surface area contributed by atoms with Gasteiger partial charge in [-0.15, -0.1) is 0 Å². The fraction of sp³-hybridized carbons (Fsp3) is 0.333. The van der Waals surface area contributed by atoms with Crippen molar-refractivity contribution in [1.29, 1.82) is 5.41 Å². The molecule has 0 aliphatic heterocycles. The van der Waals surface area contributed by atoms with Gasteiger partial charge in [0.05, 0.1) is 7.11 Å². The molecule has 2 fully saturated rings. The Labute approximate surface area is 238 Å². The third-order valence-electron chi connectivity index (χ3n) is 7.32. The first-order valence-electron chi connectivity index (χ1n) is 13.5. The number of fused-ring (bicyclic) bond motifs is 2. The van der Waals surface area contributed by atoms with E-state index in [-0.39, 0.29) is 0 Å². The molecule has 2 aliphatic rings. The molecule has 3 aromatic rings. The number of nitrogens with one attached hydrogen (secondary N) is 3. The maximum Gasteiger partial charge on any atom is 0.292 e. The number of carbonyl (C=O) groups is 1. The maximum atomic E-state index is 8.95. The van der Waals surface area contributed by atoms with E-state index in [0.717, 1.165) is 38.7 Å². The molecule has 0 heterocycles. The molecule has 5 rings (SSSR count). The standard InChI is InChI=1S/C24H24ClN3.C7H12.C2H4O2/c1-3-5-17-6-4-7-22(12-17)28-16-20-9-8-19(14-23(20)25)18-10-11-24(27-2)21(13-18)15-26;1-2-7-4-3-6(1)5-7;1-4-2-3/h3-15,26-28H,16H2,1-2H3;6-7H,1-5H2;2H,1H3/b5-3+,26-15?;;. The molecule has 6 heteroatoms. The van der Waals surface area contributed by atoms with Gasteiger partial charge >= 0.3 is 0 Å². The number of allylic oxidation sites excluding steroid dienone is 1. The average molecular weight is 546 g/mol. The quantitative estimate of drug-likeness (QED) is 0.195. The number of methoxy groups -OCH3 is 1. The molecule has 0 spiro atoms. The summed E-state index contributed by atoms with van der Waals surface area (Å²) >= 11 is 6.55. The van der Waals surface area contributed by atoms with Gasteiger partial charge in [-0.05, 0) is 77.8 Å². The lowest BCUT2D eigenvalue weighted by Crippen LogP contribution is -2.00. The van der Waals surface area contributed by atoms with Crippen molar-refractivity contribution in [2.24, 2.45) is 11.8 Å². The second-order valence-corrected chi connectivity index (χ2v) is 10.3. The van der Waals surface area contributed by atoms with E-state index in [9.17, 15) is 0 Å². The van der Waals surface area contributed by atoms with Crippen molar-refractivity contribution >= 4 is 41.7 Å². The van der Waals surface area contributed by atoms with Gasteiger partial charge in [-0.25, -0.2) is 0 Å². The molecule has 0 unspecified atom stereocenters. The fourth-order valence-corrected chi connectivity index (χ4v) is 5.52. The Morgan fingerprint density at radius 3 is 2.21 bits per heavy atom. The summed E-state index contributed by atoms with van der Waals surface area (Å²) in [5, 5.41) is 14.9. The van der Waals surface area contributed by atoms with Gasteiger partial charge in [-0.3, -0.25) is 4.79 Å². The van der Waals surface area contributed by atoms with Crippen molar-refractivity contribution in [3.63, 3.8) is 0 Å². The average Bonchev–Trinajstić information content (AvgIpc) is 3.64. The predicted molar refractivity (Wildman–Crippen MR) is 166 cm³/mol. The van der Waals surface area contributed by atoms with E-state index in [1.54, 1.807) is 32.1 Å². The van der Waals surface area contributed by atoms with Crippen LogP contribution in [0.15, 0.2) is 66.7 Å². The summed E-state index contributed by atoms with van der Waals surface area (Å²) in [6.07, 6.45) is 13.3. The number of benzene rings is 3. The molecule has 0 aromatic heterocycles. The van der Waals surface area contributed by atoms with Crippen LogP contribution in [0.5, 0.6) is 0 Å². The largest absolute Gasteiger partial charge is 0.471 e. The number of carbonyl (C=O) groups excluding carboxylic acids is 1. The highest BCUT2D eigenvalue weighted by Gasteiger charge is 2.30. The van der Waals surface area contributed by atoms with Crippen molar-refractivity contribution in [2.75, 3.05) is 24.8 Å². The van der Waals surface area contributed by atoms with Crippen LogP contribution in [0, 0.1) is 17.2 Å². The highest BCUT2D eigenvalue weighted by Crippen LogP contribution is 2.43. The second kappa shape index (κ2) is 15.7. The van der Waals surface area contributed by atoms with Crippen LogP contribution < -0.4 is 10.6 Å². The van der Waals surface area contributed by atoms with E-state index in [1.165, 1.54) is 30.7 Å². The topological polar surface area (TPSA) is 74.2 Å². The van der Waals surface area contributed by atoms with Crippen LogP contribution in [0.25, 0.3) is 17.2 Å². The summed E-state index contributed by atoms with van der Waals surface area (Å²) in [6, 6.07) is 20.4. The zero-order valence-electron chi connectivity index (χ0n) is 23.2. The second-order valence-electron chi connectivity index (χ2n) is 9.94. The molecule has 2 saturated carbocycles. The summed E-state index contributed by atoms with van der Waals surface area (Å²) in [7, 11) is 3.17. The van der Waals surface area contributed by atoms with Gasteiger partial charge in [0.25, 0.3) is 6.47 Å². The first-order chi connectivity index (χ1) is 19.0. The molecule has 0 saturated heterocycles. The molecule has 3 aromatic carbocycles. The Balaban J connectivity index is 0.000000314. The lowest BCUT2D eigenvalue weighted by Gasteiger charge is -2.12. The molecule has 2 aliphatic carbocycles. The van der Waals surface area contributed by atoms with Crippen LogP contribution in [-0.4, -0.2) is 26.8 Å². The number of rotatable bonds is 8. The minimum atomic E-state index is 0.375. The first-order valence-corrected chi connectivity index (χ1v) is 13.9. The van der Waals surface area contributed by atoms with Crippen LogP contribution in [0.4, 0.5) is 11.4 Å². The van der Waals surface area contributed by atoms with Gasteiger partial charge < -0.3 is 20.8 Å². The normalized spacial score (nSPS) is 16.9.